The van der Waals surface area contributed by atoms with Gasteiger partial charge in [0.2, 0.25) is 5.13 Å². The molecule has 0 aliphatic carbocycles. The molecule has 3 heterocycles. The second-order valence-corrected chi connectivity index (χ2v) is 5.54. The van der Waals surface area contributed by atoms with E-state index in [-0.39, 0.29) is 0 Å². The average molecular weight is 253 g/mol. The molecule has 2 aliphatic heterocycles. The molecule has 1 N–H and O–H groups in total. The molecule has 0 aromatic carbocycles. The van der Waals surface area contributed by atoms with E-state index in [4.69, 9.17) is 0 Å². The van der Waals surface area contributed by atoms with Crippen molar-refractivity contribution in [1.82, 2.24) is 20.4 Å². The number of piperazine rings is 1. The molecule has 0 spiro atoms. The molecule has 1 aromatic rings. The molecule has 3 rings (SSSR count). The Labute approximate surface area is 106 Å². The van der Waals surface area contributed by atoms with Crippen molar-refractivity contribution >= 4 is 16.5 Å². The molecular formula is C11H19N5S. The summed E-state index contributed by atoms with van der Waals surface area (Å²) in [5.41, 5.74) is 1.81. The number of nitrogens with one attached hydrogen (secondary N) is 1. The number of hydrogen-bond acceptors (Lipinski definition) is 6. The number of hydrogen-bond donors (Lipinski definition) is 1. The molecule has 2 aliphatic rings. The summed E-state index contributed by atoms with van der Waals surface area (Å²) in [6.07, 6.45) is 2.61. The molecule has 94 valence electrons. The molecule has 6 heteroatoms. The molecule has 0 atom stereocenters. The van der Waals surface area contributed by atoms with Gasteiger partial charge in [0.25, 0.3) is 0 Å². The lowest BCUT2D eigenvalue weighted by molar-refractivity contribution is 0.153. The van der Waals surface area contributed by atoms with Gasteiger partial charge in [0.1, 0.15) is 5.51 Å². The Morgan fingerprint density at radius 3 is 2.59 bits per heavy atom. The Hall–Kier alpha value is -0.720. The third-order valence-corrected chi connectivity index (χ3v) is 4.51. The number of anilines is 1. The van der Waals surface area contributed by atoms with Gasteiger partial charge in [-0.3, -0.25) is 4.90 Å². The van der Waals surface area contributed by atoms with Gasteiger partial charge in [-0.1, -0.05) is 11.3 Å². The Kier molecular flexibility index (Phi) is 3.54. The van der Waals surface area contributed by atoms with Crippen molar-refractivity contribution in [3.8, 4) is 0 Å². The molecule has 17 heavy (non-hydrogen) atoms. The van der Waals surface area contributed by atoms with Crippen LogP contribution in [-0.4, -0.2) is 60.4 Å². The molecule has 0 bridgehead atoms. The molecule has 2 fully saturated rings. The summed E-state index contributed by atoms with van der Waals surface area (Å²) in [7, 11) is 0. The van der Waals surface area contributed by atoms with Crippen LogP contribution in [-0.2, 0) is 0 Å². The summed E-state index contributed by atoms with van der Waals surface area (Å²) in [6, 6.07) is 0.799. The quantitative estimate of drug-likeness (QED) is 0.827. The summed E-state index contributed by atoms with van der Waals surface area (Å²) < 4.78 is 0. The van der Waals surface area contributed by atoms with E-state index in [2.05, 4.69) is 25.3 Å². The zero-order chi connectivity index (χ0) is 11.5. The number of aromatic nitrogens is 2. The minimum atomic E-state index is 0.799. The van der Waals surface area contributed by atoms with E-state index in [0.29, 0.717) is 0 Å². The Morgan fingerprint density at radius 2 is 1.94 bits per heavy atom. The van der Waals surface area contributed by atoms with E-state index in [1.165, 1.54) is 39.0 Å². The lowest BCUT2D eigenvalue weighted by Crippen LogP contribution is -2.52. The van der Waals surface area contributed by atoms with E-state index in [1.54, 1.807) is 11.3 Å². The topological polar surface area (TPSA) is 44.3 Å². The van der Waals surface area contributed by atoms with Crippen LogP contribution < -0.4 is 10.2 Å². The van der Waals surface area contributed by atoms with Gasteiger partial charge in [-0.2, -0.15) is 0 Å². The van der Waals surface area contributed by atoms with Gasteiger partial charge >= 0.3 is 0 Å². The number of nitrogens with zero attached hydrogens (tertiary/aromatic N) is 4. The van der Waals surface area contributed by atoms with Crippen molar-refractivity contribution in [2.75, 3.05) is 44.2 Å². The van der Waals surface area contributed by atoms with Crippen LogP contribution in [0.25, 0.3) is 0 Å². The fourth-order valence-electron chi connectivity index (χ4n) is 2.76. The van der Waals surface area contributed by atoms with E-state index < -0.39 is 0 Å². The predicted octanol–water partition coefficient (Wildman–Crippen LogP) is 0.412. The zero-order valence-corrected chi connectivity index (χ0v) is 10.8. The molecular weight excluding hydrogens is 234 g/mol. The summed E-state index contributed by atoms with van der Waals surface area (Å²) in [5, 5.41) is 12.6. The maximum absolute atomic E-state index is 4.14. The SMILES string of the molecule is c1nnc(N2CCN(C3CCNCC3)CC2)s1. The normalized spacial score (nSPS) is 24.1. The second-order valence-electron chi connectivity index (χ2n) is 4.73. The minimum Gasteiger partial charge on any atom is -0.344 e. The van der Waals surface area contributed by atoms with Crippen LogP contribution >= 0.6 is 11.3 Å². The minimum absolute atomic E-state index is 0.799. The first-order chi connectivity index (χ1) is 8.43. The van der Waals surface area contributed by atoms with Crippen molar-refractivity contribution in [2.45, 2.75) is 18.9 Å². The van der Waals surface area contributed by atoms with E-state index in [9.17, 15) is 0 Å². The highest BCUT2D eigenvalue weighted by molar-refractivity contribution is 7.13. The molecule has 0 radical (unpaired) electrons. The van der Waals surface area contributed by atoms with Crippen molar-refractivity contribution < 1.29 is 0 Å². The predicted molar refractivity (Wildman–Crippen MR) is 69.6 cm³/mol. The van der Waals surface area contributed by atoms with Gasteiger partial charge in [0, 0.05) is 32.2 Å². The first-order valence-electron chi connectivity index (χ1n) is 6.39. The Bertz CT molecular complexity index is 328. The zero-order valence-electron chi connectivity index (χ0n) is 10.0. The van der Waals surface area contributed by atoms with Gasteiger partial charge in [-0.05, 0) is 25.9 Å². The Balaban J connectivity index is 1.53. The van der Waals surface area contributed by atoms with Crippen LogP contribution in [0.2, 0.25) is 0 Å². The highest BCUT2D eigenvalue weighted by Gasteiger charge is 2.25. The van der Waals surface area contributed by atoms with Gasteiger partial charge in [0.15, 0.2) is 0 Å². The van der Waals surface area contributed by atoms with E-state index in [1.807, 2.05) is 5.51 Å². The van der Waals surface area contributed by atoms with Crippen molar-refractivity contribution in [2.24, 2.45) is 0 Å². The lowest BCUT2D eigenvalue weighted by Gasteiger charge is -2.40. The van der Waals surface area contributed by atoms with Crippen molar-refractivity contribution in [3.05, 3.63) is 5.51 Å². The standard InChI is InChI=1S/C11H19N5S/c1-3-12-4-2-10(1)15-5-7-16(8-6-15)11-14-13-9-17-11/h9-10,12H,1-8H2. The number of rotatable bonds is 2. The summed E-state index contributed by atoms with van der Waals surface area (Å²) >= 11 is 1.64. The highest BCUT2D eigenvalue weighted by atomic mass is 32.1. The van der Waals surface area contributed by atoms with E-state index in [0.717, 1.165) is 24.3 Å². The van der Waals surface area contributed by atoms with E-state index >= 15 is 0 Å². The Morgan fingerprint density at radius 1 is 1.18 bits per heavy atom. The smallest absolute Gasteiger partial charge is 0.208 e. The monoisotopic (exact) mass is 253 g/mol. The summed E-state index contributed by atoms with van der Waals surface area (Å²) in [4.78, 5) is 5.01. The van der Waals surface area contributed by atoms with Gasteiger partial charge < -0.3 is 10.2 Å². The van der Waals surface area contributed by atoms with Gasteiger partial charge in [-0.15, -0.1) is 10.2 Å². The molecule has 0 saturated carbocycles. The lowest BCUT2D eigenvalue weighted by atomic mass is 10.0. The third kappa shape index (κ3) is 2.59. The first-order valence-corrected chi connectivity index (χ1v) is 7.27. The van der Waals surface area contributed by atoms with Gasteiger partial charge in [0.05, 0.1) is 0 Å². The average Bonchev–Trinajstić information content (AvgIpc) is 2.94. The summed E-state index contributed by atoms with van der Waals surface area (Å²) in [6.45, 7) is 6.90. The maximum atomic E-state index is 4.14. The van der Waals surface area contributed by atoms with Crippen LogP contribution in [0, 0.1) is 0 Å². The first kappa shape index (κ1) is 11.4. The van der Waals surface area contributed by atoms with Crippen LogP contribution in [0.4, 0.5) is 5.13 Å². The fourth-order valence-corrected chi connectivity index (χ4v) is 3.37. The molecule has 2 saturated heterocycles. The van der Waals surface area contributed by atoms with Crippen molar-refractivity contribution in [3.63, 3.8) is 0 Å². The summed E-state index contributed by atoms with van der Waals surface area (Å²) in [5.74, 6) is 0. The molecule has 0 unspecified atom stereocenters. The van der Waals surface area contributed by atoms with Crippen molar-refractivity contribution in [1.29, 1.82) is 0 Å². The molecule has 1 aromatic heterocycles. The molecule has 0 amide bonds. The van der Waals surface area contributed by atoms with Crippen LogP contribution in [0.3, 0.4) is 0 Å². The second kappa shape index (κ2) is 5.29. The third-order valence-electron chi connectivity index (χ3n) is 3.76. The van der Waals surface area contributed by atoms with Crippen LogP contribution in [0.15, 0.2) is 5.51 Å². The largest absolute Gasteiger partial charge is 0.344 e. The number of piperidine rings is 1. The maximum Gasteiger partial charge on any atom is 0.208 e. The van der Waals surface area contributed by atoms with Gasteiger partial charge in [-0.25, -0.2) is 0 Å². The van der Waals surface area contributed by atoms with Crippen LogP contribution in [0.5, 0.6) is 0 Å². The fraction of sp³-hybridized carbons (Fsp3) is 0.818. The highest BCUT2D eigenvalue weighted by Crippen LogP contribution is 2.20. The molecule has 5 nitrogen and oxygen atoms in total. The van der Waals surface area contributed by atoms with Crippen LogP contribution in [0.1, 0.15) is 12.8 Å².